The van der Waals surface area contributed by atoms with Gasteiger partial charge in [0, 0.05) is 17.4 Å². The van der Waals surface area contributed by atoms with Gasteiger partial charge in [-0.1, -0.05) is 60.7 Å². The summed E-state index contributed by atoms with van der Waals surface area (Å²) in [6, 6.07) is 27.2. The summed E-state index contributed by atoms with van der Waals surface area (Å²) in [5, 5.41) is 10.4. The van der Waals surface area contributed by atoms with E-state index in [0.717, 1.165) is 11.1 Å². The van der Waals surface area contributed by atoms with Gasteiger partial charge in [-0.15, -0.1) is 0 Å². The molecule has 6 rings (SSSR count). The van der Waals surface area contributed by atoms with Gasteiger partial charge in [-0.2, -0.15) is 0 Å². The normalized spacial score (nSPS) is 20.6. The molecule has 0 spiro atoms. The number of ether oxygens (including phenoxy) is 5. The van der Waals surface area contributed by atoms with E-state index in [4.69, 9.17) is 23.7 Å². The Labute approximate surface area is 243 Å². The maximum absolute atomic E-state index is 14.1. The minimum Gasteiger partial charge on any atom is -0.496 e. The van der Waals surface area contributed by atoms with Crippen LogP contribution in [0, 0.1) is 11.8 Å². The molecular weight excluding hydrogens is 536 g/mol. The van der Waals surface area contributed by atoms with E-state index in [0.29, 0.717) is 53.1 Å². The molecule has 1 fully saturated rings. The van der Waals surface area contributed by atoms with Gasteiger partial charge >= 0.3 is 11.9 Å². The number of carbonyl (C=O) groups excluding carboxylic acids is 1. The zero-order valence-electron chi connectivity index (χ0n) is 23.2. The predicted molar refractivity (Wildman–Crippen MR) is 155 cm³/mol. The third-order valence-electron chi connectivity index (χ3n) is 8.03. The van der Waals surface area contributed by atoms with Gasteiger partial charge in [0.25, 0.3) is 0 Å². The van der Waals surface area contributed by atoms with Crippen molar-refractivity contribution in [1.82, 2.24) is 0 Å². The van der Waals surface area contributed by atoms with E-state index in [1.165, 1.54) is 14.2 Å². The number of para-hydroxylation sites is 3. The number of aliphatic carboxylic acids is 1. The average Bonchev–Trinajstić information content (AvgIpc) is 3.00. The number of carbonyl (C=O) groups is 2. The van der Waals surface area contributed by atoms with Gasteiger partial charge in [0.15, 0.2) is 11.5 Å². The fraction of sp³-hybridized carbons (Fsp3) is 0.235. The highest BCUT2D eigenvalue weighted by Crippen LogP contribution is 2.60. The van der Waals surface area contributed by atoms with Gasteiger partial charge in [0.2, 0.25) is 0 Å². The van der Waals surface area contributed by atoms with Crippen LogP contribution in [0.15, 0.2) is 91.0 Å². The molecule has 1 aliphatic heterocycles. The molecule has 214 valence electrons. The molecule has 0 radical (unpaired) electrons. The van der Waals surface area contributed by atoms with Crippen molar-refractivity contribution < 1.29 is 38.4 Å². The quantitative estimate of drug-likeness (QED) is 0.206. The highest BCUT2D eigenvalue weighted by molar-refractivity contribution is 5.86. The van der Waals surface area contributed by atoms with E-state index in [9.17, 15) is 14.7 Å². The van der Waals surface area contributed by atoms with Crippen LogP contribution in [0.2, 0.25) is 0 Å². The van der Waals surface area contributed by atoms with Crippen LogP contribution in [0.25, 0.3) is 11.1 Å². The van der Waals surface area contributed by atoms with Crippen LogP contribution in [0.1, 0.15) is 23.0 Å². The van der Waals surface area contributed by atoms with Crippen molar-refractivity contribution in [2.24, 2.45) is 11.8 Å². The molecule has 2 atom stereocenters. The Balaban J connectivity index is 1.38. The van der Waals surface area contributed by atoms with E-state index >= 15 is 0 Å². The molecule has 0 amide bonds. The highest BCUT2D eigenvalue weighted by atomic mass is 16.6. The van der Waals surface area contributed by atoms with Crippen molar-refractivity contribution >= 4 is 11.9 Å². The first-order chi connectivity index (χ1) is 20.5. The zero-order valence-corrected chi connectivity index (χ0v) is 23.2. The number of fused-ring (bicyclic) bond motifs is 1. The number of benzene rings is 4. The van der Waals surface area contributed by atoms with Crippen molar-refractivity contribution in [1.29, 1.82) is 0 Å². The minimum absolute atomic E-state index is 0.336. The number of carboxylic acid groups (broad SMARTS) is 1. The lowest BCUT2D eigenvalue weighted by Gasteiger charge is -2.49. The number of carboxylic acids is 1. The average molecular weight is 567 g/mol. The molecule has 0 unspecified atom stereocenters. The first-order valence-electron chi connectivity index (χ1n) is 13.7. The SMILES string of the molecule is COc1ccccc1[C@H]1[C@H](C(=O)O)[C@H](c2ccccc2OC)[C@H]1C(=O)Oc1cccc(-c2cccc3c2OCCO3)c1. The largest absolute Gasteiger partial charge is 0.496 e. The minimum atomic E-state index is -1.01. The number of rotatable bonds is 8. The van der Waals surface area contributed by atoms with Crippen LogP contribution in [0.5, 0.6) is 28.7 Å². The number of hydrogen-bond acceptors (Lipinski definition) is 7. The van der Waals surface area contributed by atoms with E-state index in [2.05, 4.69) is 0 Å². The Hall–Kier alpha value is -4.98. The van der Waals surface area contributed by atoms with Gasteiger partial charge in [0.1, 0.15) is 30.5 Å². The second kappa shape index (κ2) is 11.5. The fourth-order valence-electron chi connectivity index (χ4n) is 6.22. The van der Waals surface area contributed by atoms with E-state index in [-0.39, 0.29) is 0 Å². The van der Waals surface area contributed by atoms with Crippen molar-refractivity contribution in [3.05, 3.63) is 102 Å². The van der Waals surface area contributed by atoms with Crippen LogP contribution in [-0.4, -0.2) is 44.5 Å². The van der Waals surface area contributed by atoms with Crippen LogP contribution in [-0.2, 0) is 9.59 Å². The van der Waals surface area contributed by atoms with Gasteiger partial charge in [-0.25, -0.2) is 0 Å². The Morgan fingerprint density at radius 1 is 0.738 bits per heavy atom. The van der Waals surface area contributed by atoms with E-state index < -0.39 is 35.6 Å². The van der Waals surface area contributed by atoms with Crippen LogP contribution >= 0.6 is 0 Å². The van der Waals surface area contributed by atoms with Crippen molar-refractivity contribution in [3.8, 4) is 39.9 Å². The topological polar surface area (TPSA) is 101 Å². The van der Waals surface area contributed by atoms with Gasteiger partial charge in [-0.05, 0) is 47.0 Å². The smallest absolute Gasteiger partial charge is 0.315 e. The van der Waals surface area contributed by atoms with Crippen LogP contribution < -0.4 is 23.7 Å². The molecule has 8 heteroatoms. The Morgan fingerprint density at radius 3 is 2.00 bits per heavy atom. The first-order valence-corrected chi connectivity index (χ1v) is 13.7. The maximum Gasteiger partial charge on any atom is 0.315 e. The molecule has 4 aromatic rings. The molecule has 2 aliphatic rings. The third kappa shape index (κ3) is 4.79. The summed E-state index contributed by atoms with van der Waals surface area (Å²) in [5.74, 6) is -1.97. The molecule has 0 bridgehead atoms. The highest BCUT2D eigenvalue weighted by Gasteiger charge is 2.60. The standard InChI is InChI=1S/C34H30O8/c1-38-25-14-5-3-11-23(25)28-30(33(35)36)29(24-12-4-6-15-26(24)39-2)31(28)34(37)42-21-10-7-9-20(19-21)22-13-8-16-27-32(22)41-18-17-40-27/h3-16,19,28-31H,17-18H2,1-2H3,(H,35,36)/t28-,29-,30-,31-/m0/s1. The Kier molecular flexibility index (Phi) is 7.44. The van der Waals surface area contributed by atoms with Gasteiger partial charge in [0.05, 0.1) is 26.1 Å². The zero-order chi connectivity index (χ0) is 29.2. The lowest BCUT2D eigenvalue weighted by molar-refractivity contribution is -0.158. The molecule has 1 N–H and O–H groups in total. The summed E-state index contributed by atoms with van der Waals surface area (Å²) in [6.45, 7) is 0.924. The second-order valence-corrected chi connectivity index (χ2v) is 10.2. The Morgan fingerprint density at radius 2 is 1.36 bits per heavy atom. The lowest BCUT2D eigenvalue weighted by Crippen LogP contribution is -2.52. The van der Waals surface area contributed by atoms with Crippen molar-refractivity contribution in [2.75, 3.05) is 27.4 Å². The summed E-state index contributed by atoms with van der Waals surface area (Å²) >= 11 is 0. The molecule has 0 saturated heterocycles. The molecular formula is C34H30O8. The monoisotopic (exact) mass is 566 g/mol. The predicted octanol–water partition coefficient (Wildman–Crippen LogP) is 5.95. The molecule has 1 heterocycles. The van der Waals surface area contributed by atoms with Crippen molar-refractivity contribution in [2.45, 2.75) is 11.8 Å². The first kappa shape index (κ1) is 27.2. The molecule has 0 aromatic heterocycles. The fourth-order valence-corrected chi connectivity index (χ4v) is 6.22. The number of hydrogen-bond donors (Lipinski definition) is 1. The van der Waals surface area contributed by atoms with Gasteiger partial charge in [-0.3, -0.25) is 9.59 Å². The summed E-state index contributed by atoms with van der Waals surface area (Å²) in [6.07, 6.45) is 0. The molecule has 8 nitrogen and oxygen atoms in total. The lowest BCUT2D eigenvalue weighted by atomic mass is 9.52. The van der Waals surface area contributed by atoms with Crippen LogP contribution in [0.4, 0.5) is 0 Å². The molecule has 1 saturated carbocycles. The van der Waals surface area contributed by atoms with Crippen molar-refractivity contribution in [3.63, 3.8) is 0 Å². The Bertz CT molecular complexity index is 1570. The van der Waals surface area contributed by atoms with Crippen LogP contribution in [0.3, 0.4) is 0 Å². The van der Waals surface area contributed by atoms with E-state index in [1.54, 1.807) is 42.5 Å². The second-order valence-electron chi connectivity index (χ2n) is 10.2. The summed E-state index contributed by atoms with van der Waals surface area (Å²) < 4.78 is 28.8. The summed E-state index contributed by atoms with van der Waals surface area (Å²) in [5.41, 5.74) is 2.89. The number of methoxy groups -OCH3 is 2. The maximum atomic E-state index is 14.1. The van der Waals surface area contributed by atoms with E-state index in [1.807, 2.05) is 48.5 Å². The molecule has 42 heavy (non-hydrogen) atoms. The summed E-state index contributed by atoms with van der Waals surface area (Å²) in [7, 11) is 3.06. The molecule has 4 aromatic carbocycles. The third-order valence-corrected chi connectivity index (χ3v) is 8.03. The van der Waals surface area contributed by atoms with Gasteiger partial charge < -0.3 is 28.8 Å². The molecule has 1 aliphatic carbocycles. The number of esters is 1. The summed E-state index contributed by atoms with van der Waals surface area (Å²) in [4.78, 5) is 26.8.